The SMILES string of the molecule is Nc1cc(NS(=O)(=O)c2ccc(F)c(Cl)c2)ccc1F. The minimum absolute atomic E-state index is 0.0874. The summed E-state index contributed by atoms with van der Waals surface area (Å²) in [6.07, 6.45) is 0. The van der Waals surface area contributed by atoms with E-state index in [1.54, 1.807) is 0 Å². The average molecular weight is 319 g/mol. The summed E-state index contributed by atoms with van der Waals surface area (Å²) in [5, 5.41) is -0.313. The molecule has 0 spiro atoms. The maximum atomic E-state index is 13.0. The van der Waals surface area contributed by atoms with Gasteiger partial charge in [0.1, 0.15) is 11.6 Å². The molecule has 2 rings (SSSR count). The van der Waals surface area contributed by atoms with E-state index >= 15 is 0 Å². The number of hydrogen-bond donors (Lipinski definition) is 2. The van der Waals surface area contributed by atoms with Crippen molar-refractivity contribution in [3.63, 3.8) is 0 Å². The van der Waals surface area contributed by atoms with Crippen LogP contribution in [0.4, 0.5) is 20.2 Å². The molecule has 0 atom stereocenters. The van der Waals surface area contributed by atoms with Gasteiger partial charge in [-0.15, -0.1) is 0 Å². The second kappa shape index (κ2) is 5.26. The number of nitrogen functional groups attached to an aromatic ring is 1. The molecule has 20 heavy (non-hydrogen) atoms. The van der Waals surface area contributed by atoms with Crippen LogP contribution in [0.5, 0.6) is 0 Å². The monoisotopic (exact) mass is 318 g/mol. The highest BCUT2D eigenvalue weighted by atomic mass is 35.5. The number of halogens is 3. The van der Waals surface area contributed by atoms with Gasteiger partial charge in [0.2, 0.25) is 0 Å². The van der Waals surface area contributed by atoms with Crippen molar-refractivity contribution in [1.29, 1.82) is 0 Å². The van der Waals surface area contributed by atoms with Gasteiger partial charge in [0.15, 0.2) is 0 Å². The molecule has 0 bridgehead atoms. The van der Waals surface area contributed by atoms with E-state index in [0.717, 1.165) is 30.3 Å². The summed E-state index contributed by atoms with van der Waals surface area (Å²) < 4.78 is 52.3. The van der Waals surface area contributed by atoms with Gasteiger partial charge in [0.25, 0.3) is 10.0 Å². The lowest BCUT2D eigenvalue weighted by atomic mass is 10.3. The quantitative estimate of drug-likeness (QED) is 0.854. The van der Waals surface area contributed by atoms with Crippen molar-refractivity contribution in [2.75, 3.05) is 10.5 Å². The van der Waals surface area contributed by atoms with Gasteiger partial charge in [0, 0.05) is 0 Å². The van der Waals surface area contributed by atoms with Crippen LogP contribution in [0.25, 0.3) is 0 Å². The molecule has 0 aliphatic carbocycles. The zero-order valence-electron chi connectivity index (χ0n) is 9.90. The third kappa shape index (κ3) is 3.00. The molecule has 0 saturated heterocycles. The first-order valence-electron chi connectivity index (χ1n) is 5.32. The molecule has 0 heterocycles. The fraction of sp³-hybridized carbons (Fsp3) is 0. The molecule has 0 unspecified atom stereocenters. The number of anilines is 2. The minimum Gasteiger partial charge on any atom is -0.396 e. The van der Waals surface area contributed by atoms with Crippen LogP contribution in [0.3, 0.4) is 0 Å². The molecule has 2 aromatic rings. The normalized spacial score (nSPS) is 11.3. The first-order valence-corrected chi connectivity index (χ1v) is 7.18. The largest absolute Gasteiger partial charge is 0.396 e. The highest BCUT2D eigenvalue weighted by Gasteiger charge is 2.16. The standard InChI is InChI=1S/C12H9ClF2N2O2S/c13-9-6-8(2-4-10(9)14)20(18,19)17-7-1-3-11(15)12(16)5-7/h1-6,17H,16H2. The van der Waals surface area contributed by atoms with Crippen molar-refractivity contribution in [2.45, 2.75) is 4.90 Å². The van der Waals surface area contributed by atoms with Gasteiger partial charge in [-0.25, -0.2) is 17.2 Å². The molecule has 106 valence electrons. The van der Waals surface area contributed by atoms with Crippen LogP contribution in [-0.4, -0.2) is 8.42 Å². The molecule has 8 heteroatoms. The topological polar surface area (TPSA) is 72.2 Å². The van der Waals surface area contributed by atoms with E-state index in [9.17, 15) is 17.2 Å². The summed E-state index contributed by atoms with van der Waals surface area (Å²) in [5.41, 5.74) is 5.24. The van der Waals surface area contributed by atoms with E-state index in [1.165, 1.54) is 6.07 Å². The summed E-state index contributed by atoms with van der Waals surface area (Å²) in [6.45, 7) is 0. The second-order valence-electron chi connectivity index (χ2n) is 3.92. The Morgan fingerprint density at radius 1 is 1.05 bits per heavy atom. The van der Waals surface area contributed by atoms with Crippen molar-refractivity contribution in [3.05, 3.63) is 53.1 Å². The Balaban J connectivity index is 2.35. The summed E-state index contributed by atoms with van der Waals surface area (Å²) >= 11 is 5.53. The lowest BCUT2D eigenvalue weighted by Gasteiger charge is -2.09. The van der Waals surface area contributed by atoms with Gasteiger partial charge in [-0.3, -0.25) is 4.72 Å². The molecule has 2 aromatic carbocycles. The van der Waals surface area contributed by atoms with E-state index in [0.29, 0.717) is 0 Å². The first-order chi connectivity index (χ1) is 9.29. The van der Waals surface area contributed by atoms with Crippen LogP contribution >= 0.6 is 11.6 Å². The Kier molecular flexibility index (Phi) is 3.82. The smallest absolute Gasteiger partial charge is 0.261 e. The molecule has 3 N–H and O–H groups in total. The first kappa shape index (κ1) is 14.5. The molecule has 0 amide bonds. The molecule has 0 aromatic heterocycles. The van der Waals surface area contributed by atoms with E-state index in [4.69, 9.17) is 17.3 Å². The number of sulfonamides is 1. The van der Waals surface area contributed by atoms with Crippen LogP contribution in [0, 0.1) is 11.6 Å². The van der Waals surface area contributed by atoms with Gasteiger partial charge in [0.05, 0.1) is 21.3 Å². The second-order valence-corrected chi connectivity index (χ2v) is 6.01. The van der Waals surface area contributed by atoms with Gasteiger partial charge in [-0.2, -0.15) is 0 Å². The zero-order valence-corrected chi connectivity index (χ0v) is 11.5. The molecular formula is C12H9ClF2N2O2S. The number of benzene rings is 2. The Labute approximate surface area is 119 Å². The predicted molar refractivity (Wildman–Crippen MR) is 73.0 cm³/mol. The molecule has 0 saturated carbocycles. The highest BCUT2D eigenvalue weighted by Crippen LogP contribution is 2.23. The number of rotatable bonds is 3. The lowest BCUT2D eigenvalue weighted by Crippen LogP contribution is -2.13. The van der Waals surface area contributed by atoms with Crippen molar-refractivity contribution < 1.29 is 17.2 Å². The fourth-order valence-electron chi connectivity index (χ4n) is 1.47. The Bertz CT molecular complexity index is 766. The van der Waals surface area contributed by atoms with E-state index in [-0.39, 0.29) is 21.3 Å². The Morgan fingerprint density at radius 3 is 2.30 bits per heavy atom. The van der Waals surface area contributed by atoms with Crippen molar-refractivity contribution >= 4 is 33.0 Å². The summed E-state index contributed by atoms with van der Waals surface area (Å²) in [7, 11) is -3.96. The summed E-state index contributed by atoms with van der Waals surface area (Å²) in [6, 6.07) is 6.37. The van der Waals surface area contributed by atoms with Crippen molar-refractivity contribution in [3.8, 4) is 0 Å². The summed E-state index contributed by atoms with van der Waals surface area (Å²) in [5.74, 6) is -1.38. The molecule has 4 nitrogen and oxygen atoms in total. The third-order valence-corrected chi connectivity index (χ3v) is 4.12. The average Bonchev–Trinajstić information content (AvgIpc) is 2.37. The maximum absolute atomic E-state index is 13.0. The number of hydrogen-bond acceptors (Lipinski definition) is 3. The zero-order chi connectivity index (χ0) is 14.9. The van der Waals surface area contributed by atoms with Gasteiger partial charge in [-0.1, -0.05) is 11.6 Å². The predicted octanol–water partition coefficient (Wildman–Crippen LogP) is 3.00. The molecule has 0 fully saturated rings. The molecule has 0 radical (unpaired) electrons. The van der Waals surface area contributed by atoms with Gasteiger partial charge < -0.3 is 5.73 Å². The van der Waals surface area contributed by atoms with Gasteiger partial charge in [-0.05, 0) is 36.4 Å². The van der Waals surface area contributed by atoms with E-state index in [2.05, 4.69) is 4.72 Å². The van der Waals surface area contributed by atoms with Crippen LogP contribution in [-0.2, 0) is 10.0 Å². The lowest BCUT2D eigenvalue weighted by molar-refractivity contribution is 0.599. The van der Waals surface area contributed by atoms with Crippen LogP contribution in [0.15, 0.2) is 41.3 Å². The fourth-order valence-corrected chi connectivity index (χ4v) is 2.79. The molecular weight excluding hydrogens is 310 g/mol. The van der Waals surface area contributed by atoms with Crippen molar-refractivity contribution in [2.24, 2.45) is 0 Å². The number of nitrogens with one attached hydrogen (secondary N) is 1. The molecule has 0 aliphatic heterocycles. The van der Waals surface area contributed by atoms with Gasteiger partial charge >= 0.3 is 0 Å². The Morgan fingerprint density at radius 2 is 1.70 bits per heavy atom. The number of nitrogens with two attached hydrogens (primary N) is 1. The minimum atomic E-state index is -3.96. The van der Waals surface area contributed by atoms with Crippen LogP contribution < -0.4 is 10.5 Å². The molecule has 0 aliphatic rings. The van der Waals surface area contributed by atoms with Crippen LogP contribution in [0.2, 0.25) is 5.02 Å². The van der Waals surface area contributed by atoms with Crippen molar-refractivity contribution in [1.82, 2.24) is 0 Å². The van der Waals surface area contributed by atoms with E-state index < -0.39 is 21.7 Å². The summed E-state index contributed by atoms with van der Waals surface area (Å²) in [4.78, 5) is -0.216. The maximum Gasteiger partial charge on any atom is 0.261 e. The van der Waals surface area contributed by atoms with E-state index in [1.807, 2.05) is 0 Å². The van der Waals surface area contributed by atoms with Crippen LogP contribution in [0.1, 0.15) is 0 Å². The highest BCUT2D eigenvalue weighted by molar-refractivity contribution is 7.92. The third-order valence-electron chi connectivity index (χ3n) is 2.45. The Hall–Kier alpha value is -1.86.